The number of carbonyl (C=O) groups is 3. The van der Waals surface area contributed by atoms with E-state index in [0.29, 0.717) is 35.5 Å². The third-order valence-electron chi connectivity index (χ3n) is 5.31. The number of amides is 3. The lowest BCUT2D eigenvalue weighted by Gasteiger charge is -2.38. The highest BCUT2D eigenvalue weighted by Gasteiger charge is 2.42. The molecule has 8 heteroatoms. The number of nitrogens with zero attached hydrogens (tertiary/aromatic N) is 2. The van der Waals surface area contributed by atoms with Crippen molar-refractivity contribution >= 4 is 29.1 Å². The normalized spacial score (nSPS) is 19.8. The third kappa shape index (κ3) is 4.26. The van der Waals surface area contributed by atoms with E-state index in [1.165, 1.54) is 5.01 Å². The van der Waals surface area contributed by atoms with Crippen LogP contribution in [0.25, 0.3) is 0 Å². The fourth-order valence-electron chi connectivity index (χ4n) is 3.72. The number of nitrogens with one attached hydrogen (secondary N) is 2. The van der Waals surface area contributed by atoms with Crippen LogP contribution in [0.3, 0.4) is 0 Å². The second-order valence-electron chi connectivity index (χ2n) is 7.28. The van der Waals surface area contributed by atoms with Gasteiger partial charge in [-0.15, -0.1) is 0 Å². The van der Waals surface area contributed by atoms with Crippen LogP contribution >= 0.6 is 0 Å². The molecule has 1 fully saturated rings. The van der Waals surface area contributed by atoms with Gasteiger partial charge in [-0.2, -0.15) is 5.26 Å². The fourth-order valence-corrected chi connectivity index (χ4v) is 3.72. The molecular formula is C23H20N4O4. The Hall–Kier alpha value is -4.12. The number of fused-ring (bicyclic) bond motifs is 1. The number of rotatable bonds is 5. The lowest BCUT2D eigenvalue weighted by Crippen LogP contribution is -2.59. The molecule has 0 aromatic heterocycles. The van der Waals surface area contributed by atoms with E-state index in [4.69, 9.17) is 10.00 Å². The van der Waals surface area contributed by atoms with Crippen molar-refractivity contribution in [1.29, 1.82) is 5.26 Å². The minimum absolute atomic E-state index is 0.0534. The zero-order valence-electron chi connectivity index (χ0n) is 16.6. The highest BCUT2D eigenvalue weighted by Crippen LogP contribution is 2.32. The molecule has 1 aliphatic carbocycles. The SMILES string of the molecule is N#CCOc1ccc(NC(=O)c2cccc(N3NC(=O)C4CC=CCC4C3=O)c2)cc1. The average molecular weight is 416 g/mol. The van der Waals surface area contributed by atoms with Crippen molar-refractivity contribution in [1.82, 2.24) is 5.43 Å². The number of carbonyl (C=O) groups excluding carboxylic acids is 3. The Morgan fingerprint density at radius 1 is 1.13 bits per heavy atom. The molecule has 4 rings (SSSR count). The Balaban J connectivity index is 1.48. The van der Waals surface area contributed by atoms with Gasteiger partial charge in [0.15, 0.2) is 6.61 Å². The summed E-state index contributed by atoms with van der Waals surface area (Å²) < 4.78 is 5.19. The molecule has 156 valence electrons. The number of nitriles is 1. The van der Waals surface area contributed by atoms with Crippen LogP contribution in [0.1, 0.15) is 23.2 Å². The molecule has 1 heterocycles. The molecule has 2 unspecified atom stereocenters. The van der Waals surface area contributed by atoms with E-state index in [9.17, 15) is 14.4 Å². The van der Waals surface area contributed by atoms with Crippen molar-refractivity contribution < 1.29 is 19.1 Å². The van der Waals surface area contributed by atoms with E-state index in [1.807, 2.05) is 18.2 Å². The Labute approximate surface area is 179 Å². The van der Waals surface area contributed by atoms with Gasteiger partial charge in [-0.1, -0.05) is 18.2 Å². The van der Waals surface area contributed by atoms with Crippen LogP contribution in [0.4, 0.5) is 11.4 Å². The Kier molecular flexibility index (Phi) is 5.67. The second-order valence-corrected chi connectivity index (χ2v) is 7.28. The lowest BCUT2D eigenvalue weighted by molar-refractivity contribution is -0.139. The lowest BCUT2D eigenvalue weighted by atomic mass is 9.80. The summed E-state index contributed by atoms with van der Waals surface area (Å²) >= 11 is 0. The molecule has 0 bridgehead atoms. The minimum Gasteiger partial charge on any atom is -0.479 e. The van der Waals surface area contributed by atoms with Gasteiger partial charge in [0.2, 0.25) is 11.8 Å². The van der Waals surface area contributed by atoms with Crippen LogP contribution in [-0.4, -0.2) is 24.3 Å². The van der Waals surface area contributed by atoms with Gasteiger partial charge in [-0.25, -0.2) is 5.01 Å². The number of ether oxygens (including phenoxy) is 1. The number of hydrogen-bond donors (Lipinski definition) is 2. The summed E-state index contributed by atoms with van der Waals surface area (Å²) in [7, 11) is 0. The Bertz CT molecular complexity index is 1090. The summed E-state index contributed by atoms with van der Waals surface area (Å²) in [6, 6.07) is 15.1. The van der Waals surface area contributed by atoms with Gasteiger partial charge in [0, 0.05) is 11.3 Å². The number of benzene rings is 2. The third-order valence-corrected chi connectivity index (χ3v) is 5.31. The van der Waals surface area contributed by atoms with Crippen LogP contribution < -0.4 is 20.5 Å². The van der Waals surface area contributed by atoms with Gasteiger partial charge in [0.05, 0.1) is 17.5 Å². The highest BCUT2D eigenvalue weighted by atomic mass is 16.5. The molecule has 2 N–H and O–H groups in total. The van der Waals surface area contributed by atoms with E-state index in [-0.39, 0.29) is 30.2 Å². The zero-order chi connectivity index (χ0) is 21.8. The van der Waals surface area contributed by atoms with E-state index in [1.54, 1.807) is 48.5 Å². The number of hydrazine groups is 1. The number of allylic oxidation sites excluding steroid dienone is 2. The monoisotopic (exact) mass is 416 g/mol. The van der Waals surface area contributed by atoms with Gasteiger partial charge >= 0.3 is 0 Å². The van der Waals surface area contributed by atoms with Crippen LogP contribution in [0, 0.1) is 23.2 Å². The summed E-state index contributed by atoms with van der Waals surface area (Å²) in [5.41, 5.74) is 3.99. The van der Waals surface area contributed by atoms with Gasteiger partial charge in [0.25, 0.3) is 5.91 Å². The number of hydrogen-bond acceptors (Lipinski definition) is 5. The standard InChI is InChI=1S/C23H20N4O4/c24-12-13-31-18-10-8-16(9-11-18)25-21(28)15-4-3-5-17(14-15)27-23(30)20-7-2-1-6-19(20)22(29)26-27/h1-5,8-11,14,19-20H,6-7,13H2,(H,25,28)(H,26,29). The summed E-state index contributed by atoms with van der Waals surface area (Å²) in [6.07, 6.45) is 4.94. The minimum atomic E-state index is -0.391. The predicted octanol–water partition coefficient (Wildman–Crippen LogP) is 2.80. The molecule has 0 saturated carbocycles. The van der Waals surface area contributed by atoms with Crippen molar-refractivity contribution in [2.75, 3.05) is 16.9 Å². The maximum absolute atomic E-state index is 12.9. The first-order valence-electron chi connectivity index (χ1n) is 9.87. The predicted molar refractivity (Wildman–Crippen MR) is 113 cm³/mol. The smallest absolute Gasteiger partial charge is 0.255 e. The first-order valence-corrected chi connectivity index (χ1v) is 9.87. The maximum atomic E-state index is 12.9. The summed E-state index contributed by atoms with van der Waals surface area (Å²) in [5.74, 6) is -0.945. The molecule has 1 saturated heterocycles. The topological polar surface area (TPSA) is 112 Å². The Morgan fingerprint density at radius 2 is 1.87 bits per heavy atom. The second kappa shape index (κ2) is 8.71. The average Bonchev–Trinajstić information content (AvgIpc) is 2.81. The van der Waals surface area contributed by atoms with Gasteiger partial charge in [-0.05, 0) is 55.3 Å². The fraction of sp³-hybridized carbons (Fsp3) is 0.217. The van der Waals surface area contributed by atoms with Crippen LogP contribution in [0.5, 0.6) is 5.75 Å². The molecule has 8 nitrogen and oxygen atoms in total. The van der Waals surface area contributed by atoms with E-state index < -0.39 is 5.92 Å². The maximum Gasteiger partial charge on any atom is 0.255 e. The van der Waals surface area contributed by atoms with Gasteiger partial charge in [-0.3, -0.25) is 19.8 Å². The summed E-state index contributed by atoms with van der Waals surface area (Å²) in [5, 5.41) is 12.6. The molecule has 0 radical (unpaired) electrons. The molecule has 2 atom stereocenters. The molecule has 3 amide bonds. The van der Waals surface area contributed by atoms with Gasteiger partial charge in [0.1, 0.15) is 11.8 Å². The zero-order valence-corrected chi connectivity index (χ0v) is 16.6. The van der Waals surface area contributed by atoms with Crippen molar-refractivity contribution in [3.63, 3.8) is 0 Å². The van der Waals surface area contributed by atoms with Crippen molar-refractivity contribution in [2.24, 2.45) is 11.8 Å². The summed E-state index contributed by atoms with van der Waals surface area (Å²) in [6.45, 7) is -0.0534. The van der Waals surface area contributed by atoms with Crippen molar-refractivity contribution in [3.05, 3.63) is 66.2 Å². The van der Waals surface area contributed by atoms with E-state index in [0.717, 1.165) is 0 Å². The highest BCUT2D eigenvalue weighted by molar-refractivity contribution is 6.07. The molecule has 2 aliphatic rings. The van der Waals surface area contributed by atoms with E-state index in [2.05, 4.69) is 10.7 Å². The van der Waals surface area contributed by atoms with E-state index >= 15 is 0 Å². The molecule has 2 aromatic rings. The van der Waals surface area contributed by atoms with Gasteiger partial charge < -0.3 is 10.1 Å². The molecule has 2 aromatic carbocycles. The Morgan fingerprint density at radius 3 is 2.61 bits per heavy atom. The van der Waals surface area contributed by atoms with Crippen LogP contribution in [-0.2, 0) is 9.59 Å². The molecule has 1 aliphatic heterocycles. The van der Waals surface area contributed by atoms with Crippen LogP contribution in [0.2, 0.25) is 0 Å². The first-order chi connectivity index (χ1) is 15.1. The number of anilines is 2. The molecular weight excluding hydrogens is 396 g/mol. The van der Waals surface area contributed by atoms with Crippen LogP contribution in [0.15, 0.2) is 60.7 Å². The summed E-state index contributed by atoms with van der Waals surface area (Å²) in [4.78, 5) is 38.1. The quantitative estimate of drug-likeness (QED) is 0.728. The largest absolute Gasteiger partial charge is 0.479 e. The van der Waals surface area contributed by atoms with Crippen molar-refractivity contribution in [3.8, 4) is 11.8 Å². The molecule has 31 heavy (non-hydrogen) atoms. The van der Waals surface area contributed by atoms with Crippen molar-refractivity contribution in [2.45, 2.75) is 12.8 Å². The first kappa shape index (κ1) is 20.2. The molecule has 0 spiro atoms.